The number of Topliss-reactive ketones (excluding diaryl/α,β-unsaturated/α-hetero) is 1. The molecule has 1 aliphatic heterocycles. The Labute approximate surface area is 158 Å². The Morgan fingerprint density at radius 3 is 2.48 bits per heavy atom. The monoisotopic (exact) mass is 379 g/mol. The Kier molecular flexibility index (Phi) is 7.33. The summed E-state index contributed by atoms with van der Waals surface area (Å²) in [6, 6.07) is 6.78. The van der Waals surface area contributed by atoms with Crippen molar-refractivity contribution < 1.29 is 28.6 Å². The van der Waals surface area contributed by atoms with Gasteiger partial charge in [0.2, 0.25) is 11.6 Å². The molecule has 1 atom stereocenters. The maximum absolute atomic E-state index is 14.0. The van der Waals surface area contributed by atoms with E-state index in [0.717, 1.165) is 19.3 Å². The van der Waals surface area contributed by atoms with Crippen molar-refractivity contribution >= 4 is 17.7 Å². The summed E-state index contributed by atoms with van der Waals surface area (Å²) in [5.74, 6) is -1.44. The van der Waals surface area contributed by atoms with Gasteiger partial charge in [0.15, 0.2) is 5.78 Å². The third-order valence-corrected chi connectivity index (χ3v) is 4.71. The number of rotatable bonds is 10. The molecule has 2 rings (SSSR count). The van der Waals surface area contributed by atoms with Crippen molar-refractivity contribution in [2.75, 3.05) is 19.7 Å². The molecule has 1 aliphatic rings. The van der Waals surface area contributed by atoms with E-state index in [1.807, 2.05) is 0 Å². The highest BCUT2D eigenvalue weighted by Gasteiger charge is 2.46. The fourth-order valence-corrected chi connectivity index (χ4v) is 2.96. The lowest BCUT2D eigenvalue weighted by Crippen LogP contribution is -2.38. The van der Waals surface area contributed by atoms with E-state index in [2.05, 4.69) is 6.92 Å². The van der Waals surface area contributed by atoms with Gasteiger partial charge < -0.3 is 14.7 Å². The average Bonchev–Trinajstić information content (AvgIpc) is 3.07. The number of amides is 1. The lowest BCUT2D eigenvalue weighted by Gasteiger charge is -2.17. The van der Waals surface area contributed by atoms with E-state index in [0.29, 0.717) is 17.9 Å². The van der Waals surface area contributed by atoms with Gasteiger partial charge in [0.05, 0.1) is 13.2 Å². The van der Waals surface area contributed by atoms with E-state index in [4.69, 9.17) is 9.84 Å². The molecule has 1 heterocycles. The Morgan fingerprint density at radius 1 is 1.19 bits per heavy atom. The second kappa shape index (κ2) is 9.48. The SMILES string of the molecule is CCCCCOc1ccc(C(=O)CCC(=O)N2CCC(F)(C(=O)O)C2)cc1. The predicted molar refractivity (Wildman–Crippen MR) is 97.7 cm³/mol. The van der Waals surface area contributed by atoms with Crippen LogP contribution in [-0.4, -0.2) is 53.0 Å². The number of carboxylic acids is 1. The summed E-state index contributed by atoms with van der Waals surface area (Å²) < 4.78 is 19.6. The number of ether oxygens (including phenoxy) is 1. The smallest absolute Gasteiger partial charge is 0.343 e. The van der Waals surface area contributed by atoms with Crippen molar-refractivity contribution in [1.82, 2.24) is 4.90 Å². The zero-order valence-corrected chi connectivity index (χ0v) is 15.6. The molecule has 0 radical (unpaired) electrons. The predicted octanol–water partition coefficient (Wildman–Crippen LogP) is 3.24. The zero-order chi connectivity index (χ0) is 19.9. The number of hydrogen-bond acceptors (Lipinski definition) is 4. The molecule has 1 unspecified atom stereocenters. The van der Waals surface area contributed by atoms with Crippen molar-refractivity contribution in [1.29, 1.82) is 0 Å². The van der Waals surface area contributed by atoms with Crippen LogP contribution in [0.15, 0.2) is 24.3 Å². The molecule has 1 N–H and O–H groups in total. The molecule has 1 aromatic rings. The maximum atomic E-state index is 14.0. The Hall–Kier alpha value is -2.44. The standard InChI is InChI=1S/C20H26FNO5/c1-2-3-4-13-27-16-7-5-15(6-8-16)17(23)9-10-18(24)22-12-11-20(21,14-22)19(25)26/h5-8H,2-4,9-14H2,1H3,(H,25,26). The second-order valence-corrected chi connectivity index (χ2v) is 6.84. The van der Waals surface area contributed by atoms with Crippen LogP contribution in [0.5, 0.6) is 5.75 Å². The van der Waals surface area contributed by atoms with E-state index in [9.17, 15) is 18.8 Å². The van der Waals surface area contributed by atoms with Gasteiger partial charge in [-0.3, -0.25) is 9.59 Å². The van der Waals surface area contributed by atoms with Crippen LogP contribution in [0, 0.1) is 0 Å². The van der Waals surface area contributed by atoms with Gasteiger partial charge in [0.1, 0.15) is 5.75 Å². The van der Waals surface area contributed by atoms with E-state index >= 15 is 0 Å². The van der Waals surface area contributed by atoms with Gasteiger partial charge in [-0.25, -0.2) is 9.18 Å². The van der Waals surface area contributed by atoms with Gasteiger partial charge in [-0.05, 0) is 30.7 Å². The average molecular weight is 379 g/mol. The summed E-state index contributed by atoms with van der Waals surface area (Å²) in [6.45, 7) is 2.35. The van der Waals surface area contributed by atoms with Crippen molar-refractivity contribution in [3.63, 3.8) is 0 Å². The molecule has 0 bridgehead atoms. The quantitative estimate of drug-likeness (QED) is 0.498. The number of hydrogen-bond donors (Lipinski definition) is 1. The van der Waals surface area contributed by atoms with Gasteiger partial charge in [-0.2, -0.15) is 0 Å². The normalized spacial score (nSPS) is 19.1. The summed E-state index contributed by atoms with van der Waals surface area (Å²) in [4.78, 5) is 36.4. The minimum absolute atomic E-state index is 0.00159. The number of nitrogens with zero attached hydrogens (tertiary/aromatic N) is 1. The van der Waals surface area contributed by atoms with Crippen LogP contribution >= 0.6 is 0 Å². The van der Waals surface area contributed by atoms with Crippen LogP contribution in [-0.2, 0) is 9.59 Å². The number of unbranched alkanes of at least 4 members (excludes halogenated alkanes) is 2. The number of carbonyl (C=O) groups excluding carboxylic acids is 2. The first-order valence-corrected chi connectivity index (χ1v) is 9.32. The Balaban J connectivity index is 1.78. The Morgan fingerprint density at radius 2 is 1.89 bits per heavy atom. The number of likely N-dealkylation sites (tertiary alicyclic amines) is 1. The highest BCUT2D eigenvalue weighted by Crippen LogP contribution is 2.26. The first-order valence-electron chi connectivity index (χ1n) is 9.32. The molecule has 1 saturated heterocycles. The minimum Gasteiger partial charge on any atom is -0.494 e. The minimum atomic E-state index is -2.38. The summed E-state index contributed by atoms with van der Waals surface area (Å²) in [6.07, 6.45) is 2.93. The molecule has 6 nitrogen and oxygen atoms in total. The highest BCUT2D eigenvalue weighted by atomic mass is 19.1. The molecule has 0 spiro atoms. The molecular formula is C20H26FNO5. The fraction of sp³-hybridized carbons (Fsp3) is 0.550. The first kappa shape index (κ1) is 20.9. The molecular weight excluding hydrogens is 353 g/mol. The molecule has 1 amide bonds. The zero-order valence-electron chi connectivity index (χ0n) is 15.6. The van der Waals surface area contributed by atoms with E-state index in [1.54, 1.807) is 24.3 Å². The van der Waals surface area contributed by atoms with Crippen molar-refractivity contribution in [3.05, 3.63) is 29.8 Å². The molecule has 0 aliphatic carbocycles. The summed E-state index contributed by atoms with van der Waals surface area (Å²) >= 11 is 0. The topological polar surface area (TPSA) is 83.9 Å². The van der Waals surface area contributed by atoms with Crippen LogP contribution < -0.4 is 4.74 Å². The largest absolute Gasteiger partial charge is 0.494 e. The third-order valence-electron chi connectivity index (χ3n) is 4.71. The lowest BCUT2D eigenvalue weighted by molar-refractivity contribution is -0.150. The van der Waals surface area contributed by atoms with Gasteiger partial charge in [-0.15, -0.1) is 0 Å². The van der Waals surface area contributed by atoms with Crippen LogP contribution in [0.2, 0.25) is 0 Å². The van der Waals surface area contributed by atoms with E-state index < -0.39 is 24.1 Å². The van der Waals surface area contributed by atoms with Crippen LogP contribution in [0.3, 0.4) is 0 Å². The number of benzene rings is 1. The van der Waals surface area contributed by atoms with E-state index in [1.165, 1.54) is 4.90 Å². The molecule has 7 heteroatoms. The van der Waals surface area contributed by atoms with Crippen LogP contribution in [0.4, 0.5) is 4.39 Å². The molecule has 1 fully saturated rings. The molecule has 27 heavy (non-hydrogen) atoms. The van der Waals surface area contributed by atoms with Gasteiger partial charge in [0, 0.05) is 31.4 Å². The molecule has 148 valence electrons. The van der Waals surface area contributed by atoms with Crippen LogP contribution in [0.1, 0.15) is 55.8 Å². The Bertz CT molecular complexity index is 675. The van der Waals surface area contributed by atoms with Crippen molar-refractivity contribution in [2.45, 2.75) is 51.1 Å². The van der Waals surface area contributed by atoms with Gasteiger partial charge in [-0.1, -0.05) is 19.8 Å². The second-order valence-electron chi connectivity index (χ2n) is 6.84. The molecule has 0 aromatic heterocycles. The number of carboxylic acid groups (broad SMARTS) is 1. The lowest BCUT2D eigenvalue weighted by atomic mass is 10.1. The first-order chi connectivity index (χ1) is 12.9. The maximum Gasteiger partial charge on any atom is 0.343 e. The number of aliphatic carboxylic acids is 1. The highest BCUT2D eigenvalue weighted by molar-refractivity contribution is 5.98. The summed E-state index contributed by atoms with van der Waals surface area (Å²) in [7, 11) is 0. The number of alkyl halides is 1. The summed E-state index contributed by atoms with van der Waals surface area (Å²) in [5, 5.41) is 8.86. The summed E-state index contributed by atoms with van der Waals surface area (Å²) in [5.41, 5.74) is -1.90. The molecule has 0 saturated carbocycles. The number of carbonyl (C=O) groups is 3. The third kappa shape index (κ3) is 5.77. The van der Waals surface area contributed by atoms with Gasteiger partial charge >= 0.3 is 5.97 Å². The fourth-order valence-electron chi connectivity index (χ4n) is 2.96. The number of ketones is 1. The molecule has 1 aromatic carbocycles. The van der Waals surface area contributed by atoms with Crippen molar-refractivity contribution in [3.8, 4) is 5.75 Å². The van der Waals surface area contributed by atoms with E-state index in [-0.39, 0.29) is 31.6 Å². The van der Waals surface area contributed by atoms with Gasteiger partial charge in [0.25, 0.3) is 0 Å². The van der Waals surface area contributed by atoms with Crippen molar-refractivity contribution in [2.24, 2.45) is 0 Å². The number of halogens is 1. The van der Waals surface area contributed by atoms with Crippen LogP contribution in [0.25, 0.3) is 0 Å².